The number of hydrogen-bond acceptors (Lipinski definition) is 5. The third-order valence-electron chi connectivity index (χ3n) is 2.44. The fraction of sp³-hybridized carbons (Fsp3) is 0.385. The van der Waals surface area contributed by atoms with Crippen molar-refractivity contribution in [3.05, 3.63) is 17.7 Å². The van der Waals surface area contributed by atoms with E-state index in [1.165, 1.54) is 6.07 Å². The van der Waals surface area contributed by atoms with Crippen LogP contribution in [0.3, 0.4) is 0 Å². The largest absolute Gasteiger partial charge is 0.483 e. The quantitative estimate of drug-likeness (QED) is 0.808. The lowest BCUT2D eigenvalue weighted by atomic mass is 10.2. The van der Waals surface area contributed by atoms with Gasteiger partial charge in [-0.15, -0.1) is 0 Å². The molecule has 0 aliphatic carbocycles. The van der Waals surface area contributed by atoms with Crippen LogP contribution in [0, 0.1) is 0 Å². The number of ether oxygens (including phenoxy) is 3. The molecule has 0 bridgehead atoms. The van der Waals surface area contributed by atoms with Gasteiger partial charge in [0.2, 0.25) is 6.79 Å². The van der Waals surface area contributed by atoms with Gasteiger partial charge in [0.05, 0.1) is 5.56 Å². The second-order valence-corrected chi connectivity index (χ2v) is 4.37. The summed E-state index contributed by atoms with van der Waals surface area (Å²) in [5.74, 6) is 1.06. The average molecular weight is 265 g/mol. The van der Waals surface area contributed by atoms with Crippen LogP contribution in [0.5, 0.6) is 17.2 Å². The molecule has 0 radical (unpaired) electrons. The number of nitrogens with one attached hydrogen (secondary N) is 1. The molecule has 1 N–H and O–H groups in total. The van der Waals surface area contributed by atoms with Crippen molar-refractivity contribution in [3.63, 3.8) is 0 Å². The van der Waals surface area contributed by atoms with E-state index in [0.29, 0.717) is 29.1 Å². The maximum atomic E-state index is 11.5. The van der Waals surface area contributed by atoms with E-state index in [0.717, 1.165) is 0 Å². The summed E-state index contributed by atoms with van der Waals surface area (Å²) in [7, 11) is 0. The Labute approximate surface area is 110 Å². The van der Waals surface area contributed by atoms with Gasteiger partial charge in [-0.2, -0.15) is 0 Å². The summed E-state index contributed by atoms with van der Waals surface area (Å²) in [5.41, 5.74) is 0.321. The Morgan fingerprint density at radius 1 is 1.42 bits per heavy atom. The van der Waals surface area contributed by atoms with Crippen LogP contribution < -0.4 is 19.5 Å². The lowest BCUT2D eigenvalue weighted by Gasteiger charge is -2.11. The highest BCUT2D eigenvalue weighted by Gasteiger charge is 2.18. The molecule has 1 aromatic rings. The molecule has 19 heavy (non-hydrogen) atoms. The van der Waals surface area contributed by atoms with Gasteiger partial charge in [0.25, 0.3) is 5.91 Å². The zero-order valence-corrected chi connectivity index (χ0v) is 10.8. The molecule has 1 aromatic carbocycles. The summed E-state index contributed by atoms with van der Waals surface area (Å²) in [6, 6.07) is 3.12. The molecule has 0 aromatic heterocycles. The summed E-state index contributed by atoms with van der Waals surface area (Å²) in [6.45, 7) is 3.67. The van der Waals surface area contributed by atoms with Crippen LogP contribution >= 0.6 is 0 Å². The van der Waals surface area contributed by atoms with Crippen molar-refractivity contribution >= 4 is 12.2 Å². The first kappa shape index (κ1) is 13.2. The van der Waals surface area contributed by atoms with Crippen molar-refractivity contribution in [1.82, 2.24) is 5.32 Å². The molecular formula is C13H15NO5. The van der Waals surface area contributed by atoms with Gasteiger partial charge in [0.15, 0.2) is 24.4 Å². The maximum absolute atomic E-state index is 11.5. The van der Waals surface area contributed by atoms with E-state index in [2.05, 4.69) is 5.32 Å². The SMILES string of the molecule is CC(C)NC(=O)COc1cc2c(cc1C=O)OCO2. The summed E-state index contributed by atoms with van der Waals surface area (Å²) in [4.78, 5) is 22.5. The number of fused-ring (bicyclic) bond motifs is 1. The minimum absolute atomic E-state index is 0.0402. The number of benzene rings is 1. The summed E-state index contributed by atoms with van der Waals surface area (Å²) in [6.07, 6.45) is 0.650. The van der Waals surface area contributed by atoms with Crippen molar-refractivity contribution < 1.29 is 23.8 Å². The summed E-state index contributed by atoms with van der Waals surface area (Å²) >= 11 is 0. The molecule has 2 rings (SSSR count). The van der Waals surface area contributed by atoms with E-state index < -0.39 is 0 Å². The first-order valence-corrected chi connectivity index (χ1v) is 5.91. The number of rotatable bonds is 5. The Morgan fingerprint density at radius 2 is 2.11 bits per heavy atom. The molecule has 0 saturated carbocycles. The monoisotopic (exact) mass is 265 g/mol. The highest BCUT2D eigenvalue weighted by atomic mass is 16.7. The second-order valence-electron chi connectivity index (χ2n) is 4.37. The molecule has 0 spiro atoms. The molecule has 0 fully saturated rings. The van der Waals surface area contributed by atoms with Crippen molar-refractivity contribution in [2.45, 2.75) is 19.9 Å². The average Bonchev–Trinajstić information content (AvgIpc) is 2.81. The van der Waals surface area contributed by atoms with Crippen molar-refractivity contribution in [2.24, 2.45) is 0 Å². The van der Waals surface area contributed by atoms with E-state index >= 15 is 0 Å². The molecule has 102 valence electrons. The van der Waals surface area contributed by atoms with E-state index in [1.807, 2.05) is 13.8 Å². The molecule has 6 heteroatoms. The zero-order chi connectivity index (χ0) is 13.8. The van der Waals surface area contributed by atoms with Gasteiger partial charge in [-0.3, -0.25) is 9.59 Å². The van der Waals surface area contributed by atoms with Gasteiger partial charge < -0.3 is 19.5 Å². The molecular weight excluding hydrogens is 250 g/mol. The first-order chi connectivity index (χ1) is 9.10. The summed E-state index contributed by atoms with van der Waals surface area (Å²) in [5, 5.41) is 2.69. The van der Waals surface area contributed by atoms with E-state index in [-0.39, 0.29) is 25.3 Å². The van der Waals surface area contributed by atoms with Crippen LogP contribution in [-0.2, 0) is 4.79 Å². The molecule has 1 heterocycles. The molecule has 1 amide bonds. The predicted octanol–water partition coefficient (Wildman–Crippen LogP) is 1.13. The Hall–Kier alpha value is -2.24. The topological polar surface area (TPSA) is 73.9 Å². The van der Waals surface area contributed by atoms with Crippen molar-refractivity contribution in [3.8, 4) is 17.2 Å². The fourth-order valence-corrected chi connectivity index (χ4v) is 1.66. The normalized spacial score (nSPS) is 12.4. The van der Waals surface area contributed by atoms with E-state index in [1.54, 1.807) is 6.07 Å². The van der Waals surface area contributed by atoms with Crippen molar-refractivity contribution in [1.29, 1.82) is 0 Å². The highest BCUT2D eigenvalue weighted by molar-refractivity contribution is 5.82. The minimum atomic E-state index is -0.246. The van der Waals surface area contributed by atoms with Crippen molar-refractivity contribution in [2.75, 3.05) is 13.4 Å². The standard InChI is InChI=1S/C13H15NO5/c1-8(2)14-13(16)6-17-10-4-12-11(18-7-19-12)3-9(10)5-15/h3-5,8H,6-7H2,1-2H3,(H,14,16). The van der Waals surface area contributed by atoms with Gasteiger partial charge in [-0.05, 0) is 19.9 Å². The van der Waals surface area contributed by atoms with Gasteiger partial charge in [-0.25, -0.2) is 0 Å². The Balaban J connectivity index is 2.07. The minimum Gasteiger partial charge on any atom is -0.483 e. The molecule has 1 aliphatic rings. The third kappa shape index (κ3) is 3.15. The molecule has 0 unspecified atom stereocenters. The third-order valence-corrected chi connectivity index (χ3v) is 2.44. The van der Waals surface area contributed by atoms with Crippen LogP contribution in [0.4, 0.5) is 0 Å². The lowest BCUT2D eigenvalue weighted by molar-refractivity contribution is -0.123. The number of aldehydes is 1. The van der Waals surface area contributed by atoms with Crippen LogP contribution in [0.15, 0.2) is 12.1 Å². The van der Waals surface area contributed by atoms with Crippen LogP contribution in [0.25, 0.3) is 0 Å². The Morgan fingerprint density at radius 3 is 2.74 bits per heavy atom. The van der Waals surface area contributed by atoms with E-state index in [4.69, 9.17) is 14.2 Å². The highest BCUT2D eigenvalue weighted by Crippen LogP contribution is 2.37. The molecule has 6 nitrogen and oxygen atoms in total. The smallest absolute Gasteiger partial charge is 0.258 e. The van der Waals surface area contributed by atoms with E-state index in [9.17, 15) is 9.59 Å². The molecule has 1 aliphatic heterocycles. The predicted molar refractivity (Wildman–Crippen MR) is 66.7 cm³/mol. The van der Waals surface area contributed by atoms with Crippen LogP contribution in [-0.4, -0.2) is 31.6 Å². The molecule has 0 atom stereocenters. The Bertz CT molecular complexity index is 498. The number of amides is 1. The van der Waals surface area contributed by atoms with Gasteiger partial charge >= 0.3 is 0 Å². The zero-order valence-electron chi connectivity index (χ0n) is 10.8. The van der Waals surface area contributed by atoms with Crippen LogP contribution in [0.2, 0.25) is 0 Å². The van der Waals surface area contributed by atoms with Gasteiger partial charge in [0, 0.05) is 12.1 Å². The second kappa shape index (κ2) is 5.60. The fourth-order valence-electron chi connectivity index (χ4n) is 1.66. The number of carbonyl (C=O) groups is 2. The lowest BCUT2D eigenvalue weighted by Crippen LogP contribution is -2.34. The molecule has 0 saturated heterocycles. The van der Waals surface area contributed by atoms with Crippen LogP contribution in [0.1, 0.15) is 24.2 Å². The Kier molecular flexibility index (Phi) is 3.89. The summed E-state index contributed by atoms with van der Waals surface area (Å²) < 4.78 is 15.7. The number of carbonyl (C=O) groups excluding carboxylic acids is 2. The number of hydrogen-bond donors (Lipinski definition) is 1. The van der Waals surface area contributed by atoms with Gasteiger partial charge in [-0.1, -0.05) is 0 Å². The maximum Gasteiger partial charge on any atom is 0.258 e. The van der Waals surface area contributed by atoms with Gasteiger partial charge in [0.1, 0.15) is 5.75 Å². The first-order valence-electron chi connectivity index (χ1n) is 5.91.